The molecule has 1 aliphatic heterocycles. The van der Waals surface area contributed by atoms with Gasteiger partial charge in [-0.25, -0.2) is 0 Å². The van der Waals surface area contributed by atoms with Crippen LogP contribution in [0.3, 0.4) is 0 Å². The van der Waals surface area contributed by atoms with Crippen molar-refractivity contribution in [1.82, 2.24) is 24.9 Å². The first-order chi connectivity index (χ1) is 12.5. The average Bonchev–Trinajstić information content (AvgIpc) is 3.39. The summed E-state index contributed by atoms with van der Waals surface area (Å²) in [5.41, 5.74) is 1.49. The molecule has 0 radical (unpaired) electrons. The third-order valence-corrected chi connectivity index (χ3v) is 5.13. The first kappa shape index (κ1) is 17.0. The van der Waals surface area contributed by atoms with E-state index < -0.39 is 0 Å². The van der Waals surface area contributed by atoms with Crippen LogP contribution in [0.5, 0.6) is 0 Å². The number of rotatable bonds is 4. The quantitative estimate of drug-likeness (QED) is 0.822. The molecule has 1 amide bonds. The number of anilines is 1. The largest absolute Gasteiger partial charge is 0.377 e. The lowest BCUT2D eigenvalue weighted by Crippen LogP contribution is -2.49. The van der Waals surface area contributed by atoms with Crippen LogP contribution in [0, 0.1) is 0 Å². The van der Waals surface area contributed by atoms with E-state index in [1.807, 2.05) is 37.0 Å². The second kappa shape index (κ2) is 6.68. The van der Waals surface area contributed by atoms with Crippen LogP contribution in [0.4, 0.5) is 5.69 Å². The number of carbonyl (C=O) groups excluding carboxylic acids is 1. The minimum atomic E-state index is -0.0767. The van der Waals surface area contributed by atoms with E-state index in [0.717, 1.165) is 30.9 Å². The molecule has 1 saturated carbocycles. The number of piperazine rings is 1. The Bertz CT molecular complexity index is 800. The summed E-state index contributed by atoms with van der Waals surface area (Å²) in [5, 5.41) is 4.12. The average molecular weight is 356 g/mol. The Morgan fingerprint density at radius 1 is 1.31 bits per heavy atom. The van der Waals surface area contributed by atoms with E-state index in [1.54, 1.807) is 12.4 Å². The topological polar surface area (TPSA) is 78.6 Å². The molecule has 8 heteroatoms. The van der Waals surface area contributed by atoms with Gasteiger partial charge in [0.25, 0.3) is 5.91 Å². The SMILES string of the molecule is CN(C)c1ccncc1C(=O)N1CCN(C)[C@H](c2nc(C3CC3)no2)C1. The molecule has 26 heavy (non-hydrogen) atoms. The van der Waals surface area contributed by atoms with Gasteiger partial charge in [0.1, 0.15) is 6.04 Å². The fourth-order valence-corrected chi connectivity index (χ4v) is 3.33. The van der Waals surface area contributed by atoms with Crippen LogP contribution in [0.1, 0.15) is 46.9 Å². The molecule has 1 saturated heterocycles. The highest BCUT2D eigenvalue weighted by atomic mass is 16.5. The van der Waals surface area contributed by atoms with Gasteiger partial charge >= 0.3 is 0 Å². The smallest absolute Gasteiger partial charge is 0.257 e. The minimum absolute atomic E-state index is 0.0122. The summed E-state index contributed by atoms with van der Waals surface area (Å²) in [4.78, 5) is 27.8. The standard InChI is InChI=1S/C18H24N6O2/c1-22(2)14-6-7-19-10-13(14)18(25)24-9-8-23(3)15(11-24)17-20-16(21-26-17)12-4-5-12/h6-7,10,12,15H,4-5,8-9,11H2,1-3H3/t15-/m0/s1. The summed E-state index contributed by atoms with van der Waals surface area (Å²) in [5.74, 6) is 1.85. The van der Waals surface area contributed by atoms with Crippen molar-refractivity contribution in [2.45, 2.75) is 24.8 Å². The van der Waals surface area contributed by atoms with E-state index >= 15 is 0 Å². The molecule has 0 unspecified atom stereocenters. The number of carbonyl (C=O) groups is 1. The minimum Gasteiger partial charge on any atom is -0.377 e. The van der Waals surface area contributed by atoms with Crippen LogP contribution in [-0.2, 0) is 0 Å². The van der Waals surface area contributed by atoms with Gasteiger partial charge in [0.2, 0.25) is 5.89 Å². The van der Waals surface area contributed by atoms with Gasteiger partial charge in [-0.3, -0.25) is 14.7 Å². The molecular weight excluding hydrogens is 332 g/mol. The molecule has 1 atom stereocenters. The summed E-state index contributed by atoms with van der Waals surface area (Å²) in [6.45, 7) is 1.95. The molecule has 2 fully saturated rings. The summed E-state index contributed by atoms with van der Waals surface area (Å²) in [7, 11) is 5.89. The van der Waals surface area contributed by atoms with Crippen LogP contribution in [0.2, 0.25) is 0 Å². The maximum Gasteiger partial charge on any atom is 0.257 e. The molecule has 1 aliphatic carbocycles. The molecule has 8 nitrogen and oxygen atoms in total. The lowest BCUT2D eigenvalue weighted by molar-refractivity contribution is 0.0489. The fraction of sp³-hybridized carbons (Fsp3) is 0.556. The Morgan fingerprint density at radius 3 is 2.85 bits per heavy atom. The van der Waals surface area contributed by atoms with Crippen LogP contribution in [0.15, 0.2) is 23.0 Å². The first-order valence-electron chi connectivity index (χ1n) is 8.99. The molecular formula is C18H24N6O2. The van der Waals surface area contributed by atoms with Gasteiger partial charge < -0.3 is 14.3 Å². The summed E-state index contributed by atoms with van der Waals surface area (Å²) < 4.78 is 5.51. The number of amides is 1. The van der Waals surface area contributed by atoms with Crippen molar-refractivity contribution >= 4 is 11.6 Å². The van der Waals surface area contributed by atoms with Crippen LogP contribution < -0.4 is 4.90 Å². The summed E-state index contributed by atoms with van der Waals surface area (Å²) in [6.07, 6.45) is 5.62. The summed E-state index contributed by atoms with van der Waals surface area (Å²) >= 11 is 0. The van der Waals surface area contributed by atoms with Gasteiger partial charge in [0, 0.05) is 52.0 Å². The molecule has 0 spiro atoms. The van der Waals surface area contributed by atoms with E-state index in [-0.39, 0.29) is 11.9 Å². The lowest BCUT2D eigenvalue weighted by atomic mass is 10.1. The molecule has 2 aromatic rings. The summed E-state index contributed by atoms with van der Waals surface area (Å²) in [6, 6.07) is 1.79. The Kier molecular flexibility index (Phi) is 4.36. The van der Waals surface area contributed by atoms with Gasteiger partial charge in [-0.2, -0.15) is 4.98 Å². The van der Waals surface area contributed by atoms with Gasteiger partial charge in [-0.05, 0) is 26.0 Å². The molecule has 0 N–H and O–H groups in total. The highest BCUT2D eigenvalue weighted by molar-refractivity contribution is 5.99. The van der Waals surface area contributed by atoms with Crippen LogP contribution in [0.25, 0.3) is 0 Å². The normalized spacial score (nSPS) is 21.0. The van der Waals surface area contributed by atoms with Crippen molar-refractivity contribution in [3.8, 4) is 0 Å². The van der Waals surface area contributed by atoms with Crippen LogP contribution >= 0.6 is 0 Å². The third kappa shape index (κ3) is 3.16. The van der Waals surface area contributed by atoms with Crippen molar-refractivity contribution in [3.63, 3.8) is 0 Å². The van der Waals surface area contributed by atoms with Crippen molar-refractivity contribution < 1.29 is 9.32 Å². The number of hydrogen-bond donors (Lipinski definition) is 0. The van der Waals surface area contributed by atoms with E-state index in [9.17, 15) is 4.79 Å². The van der Waals surface area contributed by atoms with Crippen molar-refractivity contribution in [2.24, 2.45) is 0 Å². The van der Waals surface area contributed by atoms with Crippen molar-refractivity contribution in [2.75, 3.05) is 45.7 Å². The van der Waals surface area contributed by atoms with Gasteiger partial charge in [0.05, 0.1) is 11.3 Å². The molecule has 4 rings (SSSR count). The molecule has 3 heterocycles. The Hall–Kier alpha value is -2.48. The van der Waals surface area contributed by atoms with Gasteiger partial charge in [0.15, 0.2) is 5.82 Å². The molecule has 0 aromatic carbocycles. The molecule has 138 valence electrons. The van der Waals surface area contributed by atoms with Crippen molar-refractivity contribution in [3.05, 3.63) is 35.7 Å². The molecule has 2 aromatic heterocycles. The zero-order chi connectivity index (χ0) is 18.3. The fourth-order valence-electron chi connectivity index (χ4n) is 3.33. The Morgan fingerprint density at radius 2 is 2.12 bits per heavy atom. The zero-order valence-corrected chi connectivity index (χ0v) is 15.4. The van der Waals surface area contributed by atoms with Gasteiger partial charge in [-0.1, -0.05) is 5.16 Å². The van der Waals surface area contributed by atoms with E-state index in [2.05, 4.69) is 20.0 Å². The third-order valence-electron chi connectivity index (χ3n) is 5.13. The maximum absolute atomic E-state index is 13.1. The predicted molar refractivity (Wildman–Crippen MR) is 96.1 cm³/mol. The Labute approximate surface area is 152 Å². The molecule has 0 bridgehead atoms. The highest BCUT2D eigenvalue weighted by Crippen LogP contribution is 2.39. The Balaban J connectivity index is 1.55. The monoisotopic (exact) mass is 356 g/mol. The molecule has 2 aliphatic rings. The van der Waals surface area contributed by atoms with E-state index in [4.69, 9.17) is 4.52 Å². The van der Waals surface area contributed by atoms with Crippen molar-refractivity contribution in [1.29, 1.82) is 0 Å². The predicted octanol–water partition coefficient (Wildman–Crippen LogP) is 1.54. The number of hydrogen-bond acceptors (Lipinski definition) is 7. The first-order valence-corrected chi connectivity index (χ1v) is 8.99. The second-order valence-electron chi connectivity index (χ2n) is 7.30. The van der Waals surface area contributed by atoms with E-state index in [0.29, 0.717) is 30.5 Å². The number of pyridine rings is 1. The number of nitrogens with zero attached hydrogens (tertiary/aromatic N) is 6. The maximum atomic E-state index is 13.1. The number of likely N-dealkylation sites (N-methyl/N-ethyl adjacent to an activating group) is 1. The van der Waals surface area contributed by atoms with E-state index in [1.165, 1.54) is 0 Å². The second-order valence-corrected chi connectivity index (χ2v) is 7.30. The zero-order valence-electron chi connectivity index (χ0n) is 15.4. The van der Waals surface area contributed by atoms with Gasteiger partial charge in [-0.15, -0.1) is 0 Å². The highest BCUT2D eigenvalue weighted by Gasteiger charge is 2.35. The number of aromatic nitrogens is 3. The van der Waals surface area contributed by atoms with Crippen LogP contribution in [-0.4, -0.2) is 71.6 Å². The lowest BCUT2D eigenvalue weighted by Gasteiger charge is -2.37.